The summed E-state index contributed by atoms with van der Waals surface area (Å²) in [4.78, 5) is 20.1. The van der Waals surface area contributed by atoms with E-state index in [0.29, 0.717) is 32.5 Å². The SMILES string of the molecule is CN1CCN(C[C@@]2(O)CCN(C(=O)CCc3cccs3)C2)CC1. The third-order valence-corrected chi connectivity index (χ3v) is 5.90. The number of β-amino-alcohol motifs (C(OH)–C–C–N with tert-alkyl or cyclic N) is 1. The molecule has 1 aromatic heterocycles. The van der Waals surface area contributed by atoms with E-state index in [2.05, 4.69) is 22.9 Å². The molecule has 3 rings (SSSR count). The van der Waals surface area contributed by atoms with Gasteiger partial charge in [-0.25, -0.2) is 0 Å². The molecule has 0 unspecified atom stereocenters. The first kappa shape index (κ1) is 16.9. The Bertz CT molecular complexity index is 514. The summed E-state index contributed by atoms with van der Waals surface area (Å²) in [6.45, 7) is 5.99. The first-order valence-electron chi connectivity index (χ1n) is 8.48. The van der Waals surface area contributed by atoms with Gasteiger partial charge >= 0.3 is 0 Å². The van der Waals surface area contributed by atoms with E-state index in [9.17, 15) is 9.90 Å². The van der Waals surface area contributed by atoms with E-state index < -0.39 is 5.60 Å². The van der Waals surface area contributed by atoms with Gasteiger partial charge in [-0.2, -0.15) is 0 Å². The predicted molar refractivity (Wildman–Crippen MR) is 92.7 cm³/mol. The molecule has 23 heavy (non-hydrogen) atoms. The van der Waals surface area contributed by atoms with Gasteiger partial charge in [0.25, 0.3) is 0 Å². The Morgan fingerprint density at radius 1 is 1.30 bits per heavy atom. The smallest absolute Gasteiger partial charge is 0.223 e. The molecule has 0 radical (unpaired) electrons. The number of aliphatic hydroxyl groups is 1. The van der Waals surface area contributed by atoms with E-state index in [1.54, 1.807) is 11.3 Å². The molecule has 2 aliphatic heterocycles. The molecule has 1 amide bonds. The molecule has 0 saturated carbocycles. The number of likely N-dealkylation sites (tertiary alicyclic amines) is 1. The maximum absolute atomic E-state index is 12.4. The zero-order chi connectivity index (χ0) is 16.3. The number of piperazine rings is 1. The highest BCUT2D eigenvalue weighted by Gasteiger charge is 2.39. The summed E-state index contributed by atoms with van der Waals surface area (Å²) in [6, 6.07) is 4.10. The second kappa shape index (κ2) is 7.30. The zero-order valence-corrected chi connectivity index (χ0v) is 14.7. The molecule has 1 aromatic rings. The number of nitrogens with zero attached hydrogens (tertiary/aromatic N) is 3. The van der Waals surface area contributed by atoms with Gasteiger partial charge in [0.05, 0.1) is 12.1 Å². The van der Waals surface area contributed by atoms with E-state index in [-0.39, 0.29) is 5.91 Å². The molecule has 2 fully saturated rings. The number of rotatable bonds is 5. The number of hydrogen-bond donors (Lipinski definition) is 1. The van der Waals surface area contributed by atoms with Crippen molar-refractivity contribution >= 4 is 17.2 Å². The maximum Gasteiger partial charge on any atom is 0.223 e. The van der Waals surface area contributed by atoms with Crippen molar-refractivity contribution in [2.45, 2.75) is 24.9 Å². The van der Waals surface area contributed by atoms with Gasteiger partial charge in [0.2, 0.25) is 5.91 Å². The molecule has 0 bridgehead atoms. The minimum Gasteiger partial charge on any atom is -0.387 e. The van der Waals surface area contributed by atoms with Crippen molar-refractivity contribution in [3.8, 4) is 0 Å². The third kappa shape index (κ3) is 4.53. The summed E-state index contributed by atoms with van der Waals surface area (Å²) >= 11 is 1.70. The van der Waals surface area contributed by atoms with Gasteiger partial charge in [0.15, 0.2) is 0 Å². The quantitative estimate of drug-likeness (QED) is 0.867. The molecule has 0 aromatic carbocycles. The molecule has 0 aliphatic carbocycles. The largest absolute Gasteiger partial charge is 0.387 e. The lowest BCUT2D eigenvalue weighted by Crippen LogP contribution is -2.52. The van der Waals surface area contributed by atoms with Crippen molar-refractivity contribution in [1.82, 2.24) is 14.7 Å². The van der Waals surface area contributed by atoms with E-state index in [4.69, 9.17) is 0 Å². The first-order valence-corrected chi connectivity index (χ1v) is 9.35. The molecular formula is C17H27N3O2S. The standard InChI is InChI=1S/C17H27N3O2S/c1-18-8-10-19(11-9-18)13-17(22)6-7-20(14-17)16(21)5-4-15-3-2-12-23-15/h2-3,12,22H,4-11,13-14H2,1H3/t17-/m0/s1. The number of carbonyl (C=O) groups excluding carboxylic acids is 1. The predicted octanol–water partition coefficient (Wildman–Crippen LogP) is 0.892. The van der Waals surface area contributed by atoms with Crippen LogP contribution in [-0.2, 0) is 11.2 Å². The van der Waals surface area contributed by atoms with Gasteiger partial charge in [-0.3, -0.25) is 9.69 Å². The lowest BCUT2D eigenvalue weighted by atomic mass is 10.0. The fourth-order valence-corrected chi connectivity index (χ4v) is 4.17. The Labute approximate surface area is 142 Å². The molecule has 3 heterocycles. The van der Waals surface area contributed by atoms with E-state index >= 15 is 0 Å². The van der Waals surface area contributed by atoms with Crippen LogP contribution in [0, 0.1) is 0 Å². The highest BCUT2D eigenvalue weighted by Crippen LogP contribution is 2.24. The summed E-state index contributed by atoms with van der Waals surface area (Å²) in [5, 5.41) is 12.9. The molecular weight excluding hydrogens is 310 g/mol. The Balaban J connectivity index is 1.45. The van der Waals surface area contributed by atoms with Gasteiger partial charge < -0.3 is 14.9 Å². The summed E-state index contributed by atoms with van der Waals surface area (Å²) in [6.07, 6.45) is 2.05. The molecule has 1 atom stereocenters. The van der Waals surface area contributed by atoms with Crippen LogP contribution < -0.4 is 0 Å². The number of thiophene rings is 1. The van der Waals surface area contributed by atoms with Gasteiger partial charge in [-0.05, 0) is 31.3 Å². The molecule has 128 valence electrons. The fraction of sp³-hybridized carbons (Fsp3) is 0.706. The minimum absolute atomic E-state index is 0.174. The number of amides is 1. The summed E-state index contributed by atoms with van der Waals surface area (Å²) < 4.78 is 0. The Morgan fingerprint density at radius 3 is 2.78 bits per heavy atom. The van der Waals surface area contributed by atoms with Crippen molar-refractivity contribution in [1.29, 1.82) is 0 Å². The van der Waals surface area contributed by atoms with Crippen molar-refractivity contribution in [3.63, 3.8) is 0 Å². The second-order valence-corrected chi connectivity index (χ2v) is 7.98. The van der Waals surface area contributed by atoms with Crippen LogP contribution in [0.3, 0.4) is 0 Å². The van der Waals surface area contributed by atoms with Crippen LogP contribution >= 0.6 is 11.3 Å². The Kier molecular flexibility index (Phi) is 5.36. The normalized spacial score (nSPS) is 26.8. The highest BCUT2D eigenvalue weighted by atomic mass is 32.1. The monoisotopic (exact) mass is 337 g/mol. The molecule has 0 spiro atoms. The van der Waals surface area contributed by atoms with Crippen LogP contribution in [0.4, 0.5) is 0 Å². The van der Waals surface area contributed by atoms with E-state index in [1.807, 2.05) is 16.3 Å². The number of hydrogen-bond acceptors (Lipinski definition) is 5. The van der Waals surface area contributed by atoms with Crippen LogP contribution in [-0.4, -0.2) is 84.2 Å². The van der Waals surface area contributed by atoms with Crippen LogP contribution in [0.15, 0.2) is 17.5 Å². The average Bonchev–Trinajstić information content (AvgIpc) is 3.17. The summed E-state index contributed by atoms with van der Waals surface area (Å²) in [5.41, 5.74) is -0.728. The van der Waals surface area contributed by atoms with E-state index in [1.165, 1.54) is 4.88 Å². The molecule has 1 N–H and O–H groups in total. The van der Waals surface area contributed by atoms with Crippen LogP contribution in [0.2, 0.25) is 0 Å². The van der Waals surface area contributed by atoms with Crippen molar-refractivity contribution in [2.24, 2.45) is 0 Å². The van der Waals surface area contributed by atoms with Crippen molar-refractivity contribution in [3.05, 3.63) is 22.4 Å². The molecule has 5 nitrogen and oxygen atoms in total. The minimum atomic E-state index is -0.728. The topological polar surface area (TPSA) is 47.0 Å². The van der Waals surface area contributed by atoms with Gasteiger partial charge in [0, 0.05) is 50.6 Å². The lowest BCUT2D eigenvalue weighted by molar-refractivity contribution is -0.131. The number of aryl methyl sites for hydroxylation is 1. The third-order valence-electron chi connectivity index (χ3n) is 4.96. The van der Waals surface area contributed by atoms with Crippen molar-refractivity contribution < 1.29 is 9.90 Å². The summed E-state index contributed by atoms with van der Waals surface area (Å²) in [7, 11) is 2.13. The van der Waals surface area contributed by atoms with Gasteiger partial charge in [0.1, 0.15) is 0 Å². The zero-order valence-electron chi connectivity index (χ0n) is 13.9. The summed E-state index contributed by atoms with van der Waals surface area (Å²) in [5.74, 6) is 0.174. The maximum atomic E-state index is 12.4. The second-order valence-electron chi connectivity index (χ2n) is 6.95. The van der Waals surface area contributed by atoms with Crippen molar-refractivity contribution in [2.75, 3.05) is 52.9 Å². The molecule has 2 saturated heterocycles. The van der Waals surface area contributed by atoms with Gasteiger partial charge in [-0.1, -0.05) is 6.07 Å². The van der Waals surface area contributed by atoms with Crippen LogP contribution in [0.1, 0.15) is 17.7 Å². The van der Waals surface area contributed by atoms with Gasteiger partial charge in [-0.15, -0.1) is 11.3 Å². The fourth-order valence-electron chi connectivity index (χ4n) is 3.46. The Hall–Kier alpha value is -0.950. The Morgan fingerprint density at radius 2 is 2.09 bits per heavy atom. The lowest BCUT2D eigenvalue weighted by Gasteiger charge is -2.36. The molecule has 2 aliphatic rings. The number of carbonyl (C=O) groups is 1. The van der Waals surface area contributed by atoms with Crippen LogP contribution in [0.5, 0.6) is 0 Å². The van der Waals surface area contributed by atoms with Crippen LogP contribution in [0.25, 0.3) is 0 Å². The van der Waals surface area contributed by atoms with E-state index in [0.717, 1.165) is 32.6 Å². The number of likely N-dealkylation sites (N-methyl/N-ethyl adjacent to an activating group) is 1. The average molecular weight is 337 g/mol. The first-order chi connectivity index (χ1) is 11.0. The molecule has 6 heteroatoms. The highest BCUT2D eigenvalue weighted by molar-refractivity contribution is 7.09.